The number of aryl methyl sites for hydroxylation is 1. The Hall–Kier alpha value is -0.890. The topological polar surface area (TPSA) is 24.9 Å². The quantitative estimate of drug-likeness (QED) is 0.800. The van der Waals surface area contributed by atoms with Crippen LogP contribution in [0.2, 0.25) is 0 Å². The maximum atomic E-state index is 4.29. The normalized spacial score (nSPS) is 30.7. The Balaban J connectivity index is 2.18. The zero-order valence-corrected chi connectivity index (χ0v) is 9.83. The van der Waals surface area contributed by atoms with E-state index in [2.05, 4.69) is 37.3 Å². The predicted molar refractivity (Wildman–Crippen MR) is 63.0 cm³/mol. The van der Waals surface area contributed by atoms with Crippen LogP contribution in [0.3, 0.4) is 0 Å². The molecule has 1 aromatic rings. The van der Waals surface area contributed by atoms with Crippen molar-refractivity contribution in [3.05, 3.63) is 29.6 Å². The van der Waals surface area contributed by atoms with Gasteiger partial charge in [0.05, 0.1) is 0 Å². The number of nitrogens with zero attached hydrogens (tertiary/aromatic N) is 1. The molecule has 1 aliphatic carbocycles. The minimum absolute atomic E-state index is 0.676. The van der Waals surface area contributed by atoms with Gasteiger partial charge < -0.3 is 5.32 Å². The molecule has 2 heteroatoms. The smallest absolute Gasteiger partial charge is 0.0303 e. The zero-order valence-electron chi connectivity index (χ0n) is 9.83. The van der Waals surface area contributed by atoms with Crippen molar-refractivity contribution in [3.8, 4) is 0 Å². The van der Waals surface area contributed by atoms with Crippen molar-refractivity contribution in [2.24, 2.45) is 5.92 Å². The molecule has 1 aromatic heterocycles. The van der Waals surface area contributed by atoms with Gasteiger partial charge >= 0.3 is 0 Å². The molecule has 1 aliphatic rings. The molecule has 0 spiro atoms. The summed E-state index contributed by atoms with van der Waals surface area (Å²) in [7, 11) is 2.07. The van der Waals surface area contributed by atoms with Crippen LogP contribution in [-0.4, -0.2) is 18.1 Å². The summed E-state index contributed by atoms with van der Waals surface area (Å²) in [6, 6.07) is 2.96. The highest BCUT2D eigenvalue weighted by molar-refractivity contribution is 5.23. The Morgan fingerprint density at radius 3 is 2.73 bits per heavy atom. The van der Waals surface area contributed by atoms with Crippen molar-refractivity contribution < 1.29 is 0 Å². The molecule has 15 heavy (non-hydrogen) atoms. The number of hydrogen-bond donors (Lipinski definition) is 1. The first-order chi connectivity index (χ1) is 7.22. The molecule has 0 aliphatic heterocycles. The van der Waals surface area contributed by atoms with Crippen molar-refractivity contribution in [3.63, 3.8) is 0 Å². The van der Waals surface area contributed by atoms with Gasteiger partial charge in [0, 0.05) is 18.4 Å². The van der Waals surface area contributed by atoms with E-state index in [1.807, 2.05) is 12.4 Å². The van der Waals surface area contributed by atoms with Gasteiger partial charge in [0.15, 0.2) is 0 Å². The van der Waals surface area contributed by atoms with E-state index in [-0.39, 0.29) is 0 Å². The summed E-state index contributed by atoms with van der Waals surface area (Å²) in [4.78, 5) is 4.29. The molecule has 1 fully saturated rings. The largest absolute Gasteiger partial charge is 0.317 e. The first kappa shape index (κ1) is 10.6. The van der Waals surface area contributed by atoms with Gasteiger partial charge in [-0.05, 0) is 49.8 Å². The Morgan fingerprint density at radius 2 is 2.13 bits per heavy atom. The molecule has 82 valence electrons. The second-order valence-electron chi connectivity index (χ2n) is 4.73. The monoisotopic (exact) mass is 204 g/mol. The molecule has 1 N–H and O–H groups in total. The van der Waals surface area contributed by atoms with Crippen molar-refractivity contribution in [2.45, 2.75) is 38.6 Å². The van der Waals surface area contributed by atoms with E-state index >= 15 is 0 Å². The molecule has 0 radical (unpaired) electrons. The minimum atomic E-state index is 0.676. The third-order valence-corrected chi connectivity index (χ3v) is 3.75. The minimum Gasteiger partial charge on any atom is -0.317 e. The van der Waals surface area contributed by atoms with E-state index in [0.717, 1.165) is 5.92 Å². The predicted octanol–water partition coefficient (Wildman–Crippen LogP) is 2.49. The van der Waals surface area contributed by atoms with Crippen LogP contribution in [0.5, 0.6) is 0 Å². The summed E-state index contributed by atoms with van der Waals surface area (Å²) in [5.41, 5.74) is 2.69. The van der Waals surface area contributed by atoms with Gasteiger partial charge in [-0.1, -0.05) is 13.0 Å². The van der Waals surface area contributed by atoms with Crippen molar-refractivity contribution in [1.29, 1.82) is 0 Å². The standard InChI is InChI=1S/C13H20N2/c1-9-6-11(8-15-7-9)12-4-5-13(14-3)10(12)2/h6-8,10,12-14H,4-5H2,1-3H3. The lowest BCUT2D eigenvalue weighted by molar-refractivity contribution is 0.428. The van der Waals surface area contributed by atoms with E-state index < -0.39 is 0 Å². The fraction of sp³-hybridized carbons (Fsp3) is 0.615. The molecular formula is C13H20N2. The van der Waals surface area contributed by atoms with E-state index in [1.54, 1.807) is 0 Å². The molecule has 2 nitrogen and oxygen atoms in total. The Bertz CT molecular complexity index is 335. The van der Waals surface area contributed by atoms with Crippen molar-refractivity contribution >= 4 is 0 Å². The average Bonchev–Trinajstić information content (AvgIpc) is 2.59. The summed E-state index contributed by atoms with van der Waals surface area (Å²) in [6.45, 7) is 4.47. The van der Waals surface area contributed by atoms with Crippen LogP contribution in [0, 0.1) is 12.8 Å². The van der Waals surface area contributed by atoms with Crippen LogP contribution in [-0.2, 0) is 0 Å². The van der Waals surface area contributed by atoms with E-state index in [9.17, 15) is 0 Å². The maximum Gasteiger partial charge on any atom is 0.0303 e. The highest BCUT2D eigenvalue weighted by Crippen LogP contribution is 2.39. The van der Waals surface area contributed by atoms with Gasteiger partial charge in [0.1, 0.15) is 0 Å². The third-order valence-electron chi connectivity index (χ3n) is 3.75. The Kier molecular flexibility index (Phi) is 3.06. The fourth-order valence-electron chi connectivity index (χ4n) is 2.82. The van der Waals surface area contributed by atoms with Gasteiger partial charge in [0.25, 0.3) is 0 Å². The number of nitrogens with one attached hydrogen (secondary N) is 1. The highest BCUT2D eigenvalue weighted by atomic mass is 14.9. The first-order valence-electron chi connectivity index (χ1n) is 5.81. The lowest BCUT2D eigenvalue weighted by Crippen LogP contribution is -2.28. The molecule has 1 saturated carbocycles. The van der Waals surface area contributed by atoms with Crippen LogP contribution < -0.4 is 5.32 Å². The lowest BCUT2D eigenvalue weighted by atomic mass is 9.89. The van der Waals surface area contributed by atoms with Crippen LogP contribution >= 0.6 is 0 Å². The number of aromatic nitrogens is 1. The molecular weight excluding hydrogens is 184 g/mol. The van der Waals surface area contributed by atoms with Gasteiger partial charge in [-0.25, -0.2) is 0 Å². The summed E-state index contributed by atoms with van der Waals surface area (Å²) in [5.74, 6) is 1.41. The van der Waals surface area contributed by atoms with Crippen LogP contribution in [0.4, 0.5) is 0 Å². The van der Waals surface area contributed by atoms with Crippen LogP contribution in [0.15, 0.2) is 18.5 Å². The maximum absolute atomic E-state index is 4.29. The molecule has 3 atom stereocenters. The molecule has 0 saturated heterocycles. The van der Waals surface area contributed by atoms with E-state index in [0.29, 0.717) is 12.0 Å². The molecule has 1 heterocycles. The van der Waals surface area contributed by atoms with Gasteiger partial charge in [-0.3, -0.25) is 4.98 Å². The average molecular weight is 204 g/mol. The van der Waals surface area contributed by atoms with Gasteiger partial charge in [0.2, 0.25) is 0 Å². The van der Waals surface area contributed by atoms with E-state index in [4.69, 9.17) is 0 Å². The molecule has 0 amide bonds. The second-order valence-corrected chi connectivity index (χ2v) is 4.73. The molecule has 2 rings (SSSR count). The van der Waals surface area contributed by atoms with Crippen molar-refractivity contribution in [1.82, 2.24) is 10.3 Å². The third kappa shape index (κ3) is 2.05. The highest BCUT2D eigenvalue weighted by Gasteiger charge is 2.32. The number of rotatable bonds is 2. The summed E-state index contributed by atoms with van der Waals surface area (Å²) in [6.07, 6.45) is 6.54. The zero-order chi connectivity index (χ0) is 10.8. The SMILES string of the molecule is CNC1CCC(c2cncc(C)c2)C1C. The summed E-state index contributed by atoms with van der Waals surface area (Å²) in [5, 5.41) is 3.41. The second kappa shape index (κ2) is 4.31. The number of hydrogen-bond acceptors (Lipinski definition) is 2. The summed E-state index contributed by atoms with van der Waals surface area (Å²) >= 11 is 0. The molecule has 0 bridgehead atoms. The number of pyridine rings is 1. The molecule has 0 aromatic carbocycles. The Morgan fingerprint density at radius 1 is 1.33 bits per heavy atom. The van der Waals surface area contributed by atoms with Gasteiger partial charge in [-0.2, -0.15) is 0 Å². The lowest BCUT2D eigenvalue weighted by Gasteiger charge is -2.20. The Labute approximate surface area is 92.1 Å². The van der Waals surface area contributed by atoms with Crippen LogP contribution in [0.1, 0.15) is 36.8 Å². The first-order valence-corrected chi connectivity index (χ1v) is 5.81. The van der Waals surface area contributed by atoms with Crippen molar-refractivity contribution in [2.75, 3.05) is 7.05 Å². The molecule has 3 unspecified atom stereocenters. The van der Waals surface area contributed by atoms with Gasteiger partial charge in [-0.15, -0.1) is 0 Å². The fourth-order valence-corrected chi connectivity index (χ4v) is 2.82. The summed E-state index contributed by atoms with van der Waals surface area (Å²) < 4.78 is 0. The van der Waals surface area contributed by atoms with Crippen LogP contribution in [0.25, 0.3) is 0 Å². The van der Waals surface area contributed by atoms with E-state index in [1.165, 1.54) is 24.0 Å².